The first-order valence-corrected chi connectivity index (χ1v) is 5.69. The molecule has 1 saturated heterocycles. The van der Waals surface area contributed by atoms with Crippen LogP contribution in [-0.2, 0) is 4.79 Å². The van der Waals surface area contributed by atoms with E-state index in [4.69, 9.17) is 5.84 Å². The summed E-state index contributed by atoms with van der Waals surface area (Å²) in [4.78, 5) is 29.1. The Bertz CT molecular complexity index is 463. The third-order valence-electron chi connectivity index (χ3n) is 2.70. The van der Waals surface area contributed by atoms with Gasteiger partial charge in [-0.2, -0.15) is 0 Å². The highest BCUT2D eigenvalue weighted by Crippen LogP contribution is 2.10. The summed E-state index contributed by atoms with van der Waals surface area (Å²) in [7, 11) is 0. The van der Waals surface area contributed by atoms with Crippen molar-refractivity contribution in [3.63, 3.8) is 0 Å². The zero-order valence-corrected chi connectivity index (χ0v) is 9.85. The Labute approximate surface area is 104 Å². The van der Waals surface area contributed by atoms with E-state index < -0.39 is 0 Å². The summed E-state index contributed by atoms with van der Waals surface area (Å²) < 4.78 is 0. The van der Waals surface area contributed by atoms with E-state index >= 15 is 0 Å². The second-order valence-corrected chi connectivity index (χ2v) is 4.00. The van der Waals surface area contributed by atoms with Crippen molar-refractivity contribution in [2.24, 2.45) is 5.84 Å². The molecule has 0 atom stereocenters. The van der Waals surface area contributed by atoms with E-state index in [1.54, 1.807) is 12.1 Å². The van der Waals surface area contributed by atoms with Crippen LogP contribution < -0.4 is 16.6 Å². The lowest BCUT2D eigenvalue weighted by Crippen LogP contribution is -2.37. The van der Waals surface area contributed by atoms with Gasteiger partial charge < -0.3 is 15.6 Å². The maximum absolute atomic E-state index is 12.2. The smallest absolute Gasteiger partial charge is 0.254 e. The number of hydrogen-bond donors (Lipinski definition) is 3. The lowest BCUT2D eigenvalue weighted by atomic mass is 10.2. The molecule has 1 aromatic rings. The second-order valence-electron chi connectivity index (χ2n) is 4.00. The predicted octanol–water partition coefficient (Wildman–Crippen LogP) is -0.671. The largest absolute Gasteiger partial charge is 0.354 e. The maximum atomic E-state index is 12.2. The van der Waals surface area contributed by atoms with E-state index in [-0.39, 0.29) is 18.4 Å². The molecule has 1 aliphatic rings. The Balaban J connectivity index is 2.16. The Hall–Kier alpha value is -2.15. The molecule has 0 spiro atoms. The average Bonchev–Trinajstić information content (AvgIpc) is 2.62. The average molecular weight is 249 g/mol. The third-order valence-corrected chi connectivity index (χ3v) is 2.70. The van der Waals surface area contributed by atoms with Crippen molar-refractivity contribution in [1.82, 2.24) is 15.2 Å². The van der Waals surface area contributed by atoms with Crippen LogP contribution in [-0.4, -0.2) is 41.3 Å². The van der Waals surface area contributed by atoms with Crippen molar-refractivity contribution in [3.05, 3.63) is 23.9 Å². The number of aromatic nitrogens is 1. The number of anilines is 1. The van der Waals surface area contributed by atoms with Gasteiger partial charge in [0.15, 0.2) is 0 Å². The van der Waals surface area contributed by atoms with Gasteiger partial charge in [0.05, 0.1) is 6.54 Å². The maximum Gasteiger partial charge on any atom is 0.254 e. The number of hydrogen-bond acceptors (Lipinski definition) is 5. The fourth-order valence-corrected chi connectivity index (χ4v) is 1.80. The SMILES string of the molecule is NNc1cc(C(=O)N2CCCNC(=O)C2)ccn1. The molecule has 1 aliphatic heterocycles. The molecule has 7 nitrogen and oxygen atoms in total. The summed E-state index contributed by atoms with van der Waals surface area (Å²) in [6, 6.07) is 3.16. The zero-order valence-electron chi connectivity index (χ0n) is 9.85. The molecule has 2 amide bonds. The first kappa shape index (κ1) is 12.3. The summed E-state index contributed by atoms with van der Waals surface area (Å²) in [5.41, 5.74) is 2.85. The number of hydrazine groups is 1. The topological polar surface area (TPSA) is 100 Å². The minimum atomic E-state index is -0.189. The lowest BCUT2D eigenvalue weighted by molar-refractivity contribution is -0.121. The molecule has 0 aromatic carbocycles. The Kier molecular flexibility index (Phi) is 3.73. The summed E-state index contributed by atoms with van der Waals surface area (Å²) >= 11 is 0. The standard InChI is InChI=1S/C11H15N5O2/c12-15-9-6-8(2-4-13-9)11(18)16-5-1-3-14-10(17)7-16/h2,4,6H,1,3,5,7,12H2,(H,13,15)(H,14,17). The normalized spacial score (nSPS) is 15.8. The highest BCUT2D eigenvalue weighted by Gasteiger charge is 2.21. The van der Waals surface area contributed by atoms with E-state index in [2.05, 4.69) is 15.7 Å². The molecule has 0 radical (unpaired) electrons. The number of nitrogen functional groups attached to an aromatic ring is 1. The number of nitrogens with one attached hydrogen (secondary N) is 2. The van der Waals surface area contributed by atoms with E-state index in [9.17, 15) is 9.59 Å². The molecule has 4 N–H and O–H groups in total. The molecule has 0 aliphatic carbocycles. The van der Waals surface area contributed by atoms with Gasteiger partial charge in [-0.15, -0.1) is 0 Å². The number of rotatable bonds is 2. The second kappa shape index (κ2) is 5.46. The minimum absolute atomic E-state index is 0.0898. The van der Waals surface area contributed by atoms with Gasteiger partial charge in [-0.05, 0) is 18.6 Å². The van der Waals surface area contributed by atoms with E-state index in [1.165, 1.54) is 11.1 Å². The summed E-state index contributed by atoms with van der Waals surface area (Å²) in [5.74, 6) is 5.34. The number of nitrogens with zero attached hydrogens (tertiary/aromatic N) is 2. The molecule has 18 heavy (non-hydrogen) atoms. The fourth-order valence-electron chi connectivity index (χ4n) is 1.80. The van der Waals surface area contributed by atoms with Gasteiger partial charge in [0.2, 0.25) is 5.91 Å². The van der Waals surface area contributed by atoms with Crippen molar-refractivity contribution in [1.29, 1.82) is 0 Å². The van der Waals surface area contributed by atoms with Crippen LogP contribution in [0.2, 0.25) is 0 Å². The Morgan fingerprint density at radius 2 is 2.39 bits per heavy atom. The van der Waals surface area contributed by atoms with Gasteiger partial charge in [0.25, 0.3) is 5.91 Å². The van der Waals surface area contributed by atoms with E-state index in [0.717, 1.165) is 6.42 Å². The van der Waals surface area contributed by atoms with Crippen LogP contribution in [0.3, 0.4) is 0 Å². The number of pyridine rings is 1. The molecular formula is C11H15N5O2. The Morgan fingerprint density at radius 3 is 3.17 bits per heavy atom. The Morgan fingerprint density at radius 1 is 1.56 bits per heavy atom. The molecule has 2 rings (SSSR count). The summed E-state index contributed by atoms with van der Waals surface area (Å²) in [5, 5.41) is 2.73. The van der Waals surface area contributed by atoms with Crippen molar-refractivity contribution < 1.29 is 9.59 Å². The zero-order chi connectivity index (χ0) is 13.0. The molecule has 96 valence electrons. The van der Waals surface area contributed by atoms with E-state index in [1.807, 2.05) is 0 Å². The van der Waals surface area contributed by atoms with Crippen LogP contribution >= 0.6 is 0 Å². The summed E-state index contributed by atoms with van der Waals surface area (Å²) in [6.45, 7) is 1.26. The van der Waals surface area contributed by atoms with Crippen molar-refractivity contribution in [3.8, 4) is 0 Å². The van der Waals surface area contributed by atoms with Crippen LogP contribution in [0.4, 0.5) is 5.82 Å². The van der Waals surface area contributed by atoms with E-state index in [0.29, 0.717) is 24.5 Å². The van der Waals surface area contributed by atoms with Gasteiger partial charge in [0, 0.05) is 24.8 Å². The molecule has 0 bridgehead atoms. The molecule has 1 aromatic heterocycles. The van der Waals surface area contributed by atoms with Crippen molar-refractivity contribution in [2.45, 2.75) is 6.42 Å². The van der Waals surface area contributed by atoms with Gasteiger partial charge >= 0.3 is 0 Å². The lowest BCUT2D eigenvalue weighted by Gasteiger charge is -2.19. The van der Waals surface area contributed by atoms with Crippen LogP contribution in [0.5, 0.6) is 0 Å². The third kappa shape index (κ3) is 2.75. The summed E-state index contributed by atoms with van der Waals surface area (Å²) in [6.07, 6.45) is 2.25. The first-order valence-electron chi connectivity index (χ1n) is 5.69. The molecule has 1 fully saturated rings. The molecule has 7 heteroatoms. The highest BCUT2D eigenvalue weighted by molar-refractivity contribution is 5.97. The molecule has 2 heterocycles. The predicted molar refractivity (Wildman–Crippen MR) is 65.6 cm³/mol. The molecular weight excluding hydrogens is 234 g/mol. The minimum Gasteiger partial charge on any atom is -0.354 e. The number of nitrogens with two attached hydrogens (primary N) is 1. The monoisotopic (exact) mass is 249 g/mol. The van der Waals surface area contributed by atoms with Crippen molar-refractivity contribution in [2.75, 3.05) is 25.1 Å². The van der Waals surface area contributed by atoms with Gasteiger partial charge in [-0.25, -0.2) is 10.8 Å². The van der Waals surface area contributed by atoms with Crippen LogP contribution in [0.1, 0.15) is 16.8 Å². The fraction of sp³-hybridized carbons (Fsp3) is 0.364. The molecule has 0 unspecified atom stereocenters. The quantitative estimate of drug-likeness (QED) is 0.477. The van der Waals surface area contributed by atoms with Crippen LogP contribution in [0.15, 0.2) is 18.3 Å². The molecule has 0 saturated carbocycles. The van der Waals surface area contributed by atoms with Gasteiger partial charge in [0.1, 0.15) is 5.82 Å². The number of amides is 2. The highest BCUT2D eigenvalue weighted by atomic mass is 16.2. The van der Waals surface area contributed by atoms with Crippen LogP contribution in [0.25, 0.3) is 0 Å². The number of carbonyl (C=O) groups is 2. The first-order chi connectivity index (χ1) is 8.70. The number of carbonyl (C=O) groups excluding carboxylic acids is 2. The van der Waals surface area contributed by atoms with Gasteiger partial charge in [-0.3, -0.25) is 9.59 Å². The van der Waals surface area contributed by atoms with Crippen molar-refractivity contribution >= 4 is 17.6 Å². The van der Waals surface area contributed by atoms with Crippen LogP contribution in [0, 0.1) is 0 Å². The van der Waals surface area contributed by atoms with Gasteiger partial charge in [-0.1, -0.05) is 0 Å².